The zero-order valence-electron chi connectivity index (χ0n) is 19.4. The third-order valence-corrected chi connectivity index (χ3v) is 5.94. The SMILES string of the molecule is C=C(NC(=O)OC(C)(C)C)N1CCC(ONC(=O)[C@@H]2CC[C@@H]3CN2C(=O)N3OS(=O)(=O)O)CC1. The quantitative estimate of drug-likeness (QED) is 0.327. The molecule has 3 fully saturated rings. The number of hydroxylamine groups is 3. The molecule has 3 aliphatic rings. The molecule has 192 valence electrons. The summed E-state index contributed by atoms with van der Waals surface area (Å²) < 4.78 is 40.4. The average molecular weight is 506 g/mol. The Morgan fingerprint density at radius 2 is 1.79 bits per heavy atom. The van der Waals surface area contributed by atoms with E-state index < -0.39 is 46.1 Å². The lowest BCUT2D eigenvalue weighted by molar-refractivity contribution is -0.146. The van der Waals surface area contributed by atoms with Gasteiger partial charge in [0.05, 0.1) is 12.1 Å². The van der Waals surface area contributed by atoms with E-state index in [0.29, 0.717) is 43.2 Å². The number of alkyl carbamates (subject to hydrolysis) is 1. The molecule has 3 rings (SSSR count). The van der Waals surface area contributed by atoms with Gasteiger partial charge in [-0.15, -0.1) is 4.28 Å². The lowest BCUT2D eigenvalue weighted by Crippen LogP contribution is -2.51. The number of amides is 4. The molecule has 3 aliphatic heterocycles. The average Bonchev–Trinajstić information content (AvgIpc) is 2.94. The van der Waals surface area contributed by atoms with Crippen molar-refractivity contribution in [1.29, 1.82) is 0 Å². The van der Waals surface area contributed by atoms with Gasteiger partial charge in [0.1, 0.15) is 17.5 Å². The molecular weight excluding hydrogens is 474 g/mol. The highest BCUT2D eigenvalue weighted by atomic mass is 32.3. The number of urea groups is 1. The second-order valence-corrected chi connectivity index (χ2v) is 10.4. The number of likely N-dealkylation sites (tertiary alicyclic amines) is 1. The summed E-state index contributed by atoms with van der Waals surface area (Å²) in [4.78, 5) is 45.5. The van der Waals surface area contributed by atoms with Crippen molar-refractivity contribution in [3.63, 3.8) is 0 Å². The number of carbonyl (C=O) groups excluding carboxylic acids is 3. The van der Waals surface area contributed by atoms with Gasteiger partial charge in [-0.3, -0.25) is 19.5 Å². The smallest absolute Gasteiger partial charge is 0.418 e. The summed E-state index contributed by atoms with van der Waals surface area (Å²) in [6.45, 7) is 10.3. The van der Waals surface area contributed by atoms with Gasteiger partial charge in [0, 0.05) is 19.6 Å². The van der Waals surface area contributed by atoms with E-state index in [-0.39, 0.29) is 19.1 Å². The van der Waals surface area contributed by atoms with Crippen LogP contribution < -0.4 is 10.8 Å². The second-order valence-electron chi connectivity index (χ2n) is 9.35. The summed E-state index contributed by atoms with van der Waals surface area (Å²) in [7, 11) is -4.85. The predicted molar refractivity (Wildman–Crippen MR) is 116 cm³/mol. The van der Waals surface area contributed by atoms with E-state index >= 15 is 0 Å². The Bertz CT molecular complexity index is 927. The van der Waals surface area contributed by atoms with Crippen LogP contribution in [0.25, 0.3) is 0 Å². The predicted octanol–water partition coefficient (Wildman–Crippen LogP) is 0.498. The highest BCUT2D eigenvalue weighted by Crippen LogP contribution is 2.30. The van der Waals surface area contributed by atoms with Gasteiger partial charge in [0.25, 0.3) is 5.91 Å². The summed E-state index contributed by atoms with van der Waals surface area (Å²) in [6, 6.07) is -2.24. The van der Waals surface area contributed by atoms with Crippen LogP contribution in [0.4, 0.5) is 9.59 Å². The molecule has 3 N–H and O–H groups in total. The summed E-state index contributed by atoms with van der Waals surface area (Å²) in [5.41, 5.74) is 1.78. The van der Waals surface area contributed by atoms with Gasteiger partial charge in [-0.05, 0) is 46.5 Å². The number of nitrogens with one attached hydrogen (secondary N) is 2. The molecule has 2 bridgehead atoms. The maximum Gasteiger partial charge on any atom is 0.418 e. The Hall–Kier alpha value is -2.62. The minimum Gasteiger partial charge on any atom is -0.444 e. The molecule has 0 radical (unpaired) electrons. The van der Waals surface area contributed by atoms with Crippen LogP contribution in [0.3, 0.4) is 0 Å². The Labute approximate surface area is 198 Å². The van der Waals surface area contributed by atoms with E-state index in [1.807, 2.05) is 4.90 Å². The molecule has 34 heavy (non-hydrogen) atoms. The van der Waals surface area contributed by atoms with E-state index in [2.05, 4.69) is 21.7 Å². The maximum atomic E-state index is 12.6. The maximum absolute atomic E-state index is 12.6. The molecule has 0 aromatic rings. The Kier molecular flexibility index (Phi) is 7.59. The van der Waals surface area contributed by atoms with Crippen molar-refractivity contribution in [2.75, 3.05) is 19.6 Å². The number of hydrogen-bond acceptors (Lipinski definition) is 9. The fourth-order valence-corrected chi connectivity index (χ4v) is 4.45. The molecule has 0 spiro atoms. The standard InChI is InChI=1S/C19H31N5O9S/c1-12(20-17(26)31-19(2,3)4)22-9-7-14(8-10-22)32-21-16(25)15-6-5-13-11-23(15)18(27)24(13)33-34(28,29)30/h13-15H,1,5-11H2,2-4H3,(H,20,26)(H,21,25)(H,28,29,30)/t13-,15+/m1/s1. The molecular formula is C19H31N5O9S. The van der Waals surface area contributed by atoms with Gasteiger partial charge in [0.2, 0.25) is 0 Å². The van der Waals surface area contributed by atoms with Crippen molar-refractivity contribution in [1.82, 2.24) is 25.7 Å². The number of ether oxygens (including phenoxy) is 1. The fraction of sp³-hybridized carbons (Fsp3) is 0.737. The van der Waals surface area contributed by atoms with Crippen LogP contribution in [-0.4, -0.2) is 89.3 Å². The highest BCUT2D eigenvalue weighted by Gasteiger charge is 2.49. The van der Waals surface area contributed by atoms with Crippen molar-refractivity contribution in [3.8, 4) is 0 Å². The molecule has 0 saturated carbocycles. The molecule has 3 heterocycles. The zero-order chi connectivity index (χ0) is 25.3. The van der Waals surface area contributed by atoms with E-state index in [9.17, 15) is 22.8 Å². The van der Waals surface area contributed by atoms with Gasteiger partial charge >= 0.3 is 22.5 Å². The minimum absolute atomic E-state index is 0.0948. The molecule has 15 heteroatoms. The highest BCUT2D eigenvalue weighted by molar-refractivity contribution is 7.80. The van der Waals surface area contributed by atoms with Gasteiger partial charge in [-0.1, -0.05) is 6.58 Å². The van der Waals surface area contributed by atoms with Crippen molar-refractivity contribution in [3.05, 3.63) is 12.4 Å². The van der Waals surface area contributed by atoms with E-state index in [0.717, 1.165) is 0 Å². The van der Waals surface area contributed by atoms with Gasteiger partial charge in [0.15, 0.2) is 0 Å². The first-order chi connectivity index (χ1) is 15.7. The van der Waals surface area contributed by atoms with Crippen LogP contribution >= 0.6 is 0 Å². The van der Waals surface area contributed by atoms with Crippen LogP contribution in [0, 0.1) is 0 Å². The van der Waals surface area contributed by atoms with E-state index in [1.54, 1.807) is 20.8 Å². The van der Waals surface area contributed by atoms with Crippen LogP contribution in [0.15, 0.2) is 12.4 Å². The Morgan fingerprint density at radius 1 is 1.15 bits per heavy atom. The first-order valence-electron chi connectivity index (χ1n) is 10.9. The fourth-order valence-electron chi connectivity index (χ4n) is 4.06. The zero-order valence-corrected chi connectivity index (χ0v) is 20.2. The van der Waals surface area contributed by atoms with Crippen LogP contribution in [0.1, 0.15) is 46.5 Å². The molecule has 2 atom stereocenters. The van der Waals surface area contributed by atoms with Gasteiger partial charge < -0.3 is 14.5 Å². The van der Waals surface area contributed by atoms with Crippen LogP contribution in [-0.2, 0) is 29.1 Å². The van der Waals surface area contributed by atoms with Gasteiger partial charge in [-0.2, -0.15) is 13.5 Å². The monoisotopic (exact) mass is 505 g/mol. The number of nitrogens with zero attached hydrogens (tertiary/aromatic N) is 3. The lowest BCUT2D eigenvalue weighted by atomic mass is 10.0. The van der Waals surface area contributed by atoms with Gasteiger partial charge in [-0.25, -0.2) is 15.1 Å². The minimum atomic E-state index is -4.85. The first kappa shape index (κ1) is 26.0. The van der Waals surface area contributed by atoms with Crippen molar-refractivity contribution in [2.45, 2.75) is 70.2 Å². The second kappa shape index (κ2) is 9.93. The number of hydrogen-bond donors (Lipinski definition) is 3. The molecule has 0 unspecified atom stereocenters. The van der Waals surface area contributed by atoms with Crippen molar-refractivity contribution >= 4 is 28.4 Å². The third-order valence-electron chi connectivity index (χ3n) is 5.60. The van der Waals surface area contributed by atoms with Crippen molar-refractivity contribution < 1.29 is 41.2 Å². The summed E-state index contributed by atoms with van der Waals surface area (Å²) in [6.07, 6.45) is 0.850. The summed E-state index contributed by atoms with van der Waals surface area (Å²) >= 11 is 0. The van der Waals surface area contributed by atoms with Crippen LogP contribution in [0.5, 0.6) is 0 Å². The lowest BCUT2D eigenvalue weighted by Gasteiger charge is -2.35. The Balaban J connectivity index is 1.42. The summed E-state index contributed by atoms with van der Waals surface area (Å²) in [5.74, 6) is -0.114. The topological polar surface area (TPSA) is 167 Å². The first-order valence-corrected chi connectivity index (χ1v) is 12.3. The molecule has 0 aliphatic carbocycles. The van der Waals surface area contributed by atoms with Crippen molar-refractivity contribution in [2.24, 2.45) is 0 Å². The molecule has 0 aromatic carbocycles. The van der Waals surface area contributed by atoms with E-state index in [4.69, 9.17) is 14.1 Å². The normalized spacial score (nSPS) is 23.6. The number of rotatable bonds is 7. The largest absolute Gasteiger partial charge is 0.444 e. The molecule has 0 aromatic heterocycles. The molecule has 4 amide bonds. The number of carbonyl (C=O) groups is 3. The van der Waals surface area contributed by atoms with Crippen LogP contribution in [0.2, 0.25) is 0 Å². The number of fused-ring (bicyclic) bond motifs is 2. The summed E-state index contributed by atoms with van der Waals surface area (Å²) in [5, 5.41) is 3.19. The van der Waals surface area contributed by atoms with E-state index in [1.165, 1.54) is 4.90 Å². The molecule has 14 nitrogen and oxygen atoms in total. The third kappa shape index (κ3) is 6.71. The Morgan fingerprint density at radius 3 is 2.38 bits per heavy atom. The molecule has 3 saturated heterocycles. The number of piperidine rings is 2.